The van der Waals surface area contributed by atoms with Crippen molar-refractivity contribution in [2.45, 2.75) is 25.3 Å². The monoisotopic (exact) mass is 219 g/mol. The number of nitrogens with one attached hydrogen (secondary N) is 1. The zero-order chi connectivity index (χ0) is 11.4. The zero-order valence-corrected chi connectivity index (χ0v) is 9.23. The molecule has 0 radical (unpaired) electrons. The number of carbonyl (C=O) groups is 1. The van der Waals surface area contributed by atoms with Gasteiger partial charge in [0.2, 0.25) is 5.91 Å². The first-order valence-corrected chi connectivity index (χ1v) is 5.68. The maximum atomic E-state index is 11.7. The van der Waals surface area contributed by atoms with Gasteiger partial charge < -0.3 is 11.1 Å². The van der Waals surface area contributed by atoms with Gasteiger partial charge in [0.25, 0.3) is 0 Å². The number of hydrogen-bond acceptors (Lipinski definition) is 3. The Labute approximate surface area is 95.3 Å². The first kappa shape index (κ1) is 11.1. The standard InChI is InChI=1S/C12H17N3O/c13-7-11(10-3-4-10)15-12(16)6-9-2-1-5-14-8-9/h1-2,5,8,10-11H,3-4,6-7,13H2,(H,15,16). The second-order valence-electron chi connectivity index (χ2n) is 4.29. The van der Waals surface area contributed by atoms with E-state index in [-0.39, 0.29) is 11.9 Å². The summed E-state index contributed by atoms with van der Waals surface area (Å²) >= 11 is 0. The molecule has 1 aliphatic carbocycles. The van der Waals surface area contributed by atoms with Crippen molar-refractivity contribution in [3.8, 4) is 0 Å². The van der Waals surface area contributed by atoms with Gasteiger partial charge in [0.15, 0.2) is 0 Å². The summed E-state index contributed by atoms with van der Waals surface area (Å²) in [5.74, 6) is 0.637. The molecule has 0 bridgehead atoms. The largest absolute Gasteiger partial charge is 0.352 e. The topological polar surface area (TPSA) is 68.0 Å². The fraction of sp³-hybridized carbons (Fsp3) is 0.500. The summed E-state index contributed by atoms with van der Waals surface area (Å²) in [4.78, 5) is 15.7. The lowest BCUT2D eigenvalue weighted by atomic mass is 10.1. The molecule has 1 unspecified atom stereocenters. The third-order valence-electron chi connectivity index (χ3n) is 2.88. The maximum absolute atomic E-state index is 11.7. The Hall–Kier alpha value is -1.42. The molecule has 16 heavy (non-hydrogen) atoms. The summed E-state index contributed by atoms with van der Waals surface area (Å²) in [6.45, 7) is 0.531. The molecule has 1 fully saturated rings. The van der Waals surface area contributed by atoms with Crippen molar-refractivity contribution in [1.82, 2.24) is 10.3 Å². The molecule has 1 saturated carbocycles. The molecule has 1 atom stereocenters. The number of carbonyl (C=O) groups excluding carboxylic acids is 1. The molecule has 1 aromatic rings. The number of pyridine rings is 1. The Morgan fingerprint density at radius 2 is 2.44 bits per heavy atom. The SMILES string of the molecule is NCC(NC(=O)Cc1cccnc1)C1CC1. The minimum absolute atomic E-state index is 0.0374. The lowest BCUT2D eigenvalue weighted by molar-refractivity contribution is -0.121. The highest BCUT2D eigenvalue weighted by molar-refractivity contribution is 5.78. The number of aromatic nitrogens is 1. The molecule has 0 aromatic carbocycles. The molecule has 3 N–H and O–H groups in total. The summed E-state index contributed by atoms with van der Waals surface area (Å²) in [6.07, 6.45) is 6.18. The molecule has 1 heterocycles. The molecule has 4 nitrogen and oxygen atoms in total. The number of rotatable bonds is 5. The van der Waals surface area contributed by atoms with E-state index in [1.165, 1.54) is 12.8 Å². The molecule has 86 valence electrons. The molecule has 1 aromatic heterocycles. The molecular formula is C12H17N3O. The minimum atomic E-state index is 0.0374. The van der Waals surface area contributed by atoms with E-state index >= 15 is 0 Å². The van der Waals surface area contributed by atoms with E-state index in [0.717, 1.165) is 5.56 Å². The minimum Gasteiger partial charge on any atom is -0.352 e. The van der Waals surface area contributed by atoms with Crippen LogP contribution in [0, 0.1) is 5.92 Å². The highest BCUT2D eigenvalue weighted by Gasteiger charge is 2.31. The third-order valence-corrected chi connectivity index (χ3v) is 2.88. The van der Waals surface area contributed by atoms with Crippen LogP contribution in [0.25, 0.3) is 0 Å². The van der Waals surface area contributed by atoms with Crippen LogP contribution in [-0.4, -0.2) is 23.5 Å². The number of amides is 1. The van der Waals surface area contributed by atoms with Gasteiger partial charge in [-0.1, -0.05) is 6.07 Å². The first-order valence-electron chi connectivity index (χ1n) is 5.68. The molecule has 1 aliphatic rings. The van der Waals surface area contributed by atoms with Gasteiger partial charge in [-0.15, -0.1) is 0 Å². The lowest BCUT2D eigenvalue weighted by Gasteiger charge is -2.15. The van der Waals surface area contributed by atoms with Crippen molar-refractivity contribution in [3.05, 3.63) is 30.1 Å². The molecule has 4 heteroatoms. The second-order valence-corrected chi connectivity index (χ2v) is 4.29. The van der Waals surface area contributed by atoms with Gasteiger partial charge in [-0.3, -0.25) is 9.78 Å². The van der Waals surface area contributed by atoms with Crippen molar-refractivity contribution >= 4 is 5.91 Å². The van der Waals surface area contributed by atoms with Crippen molar-refractivity contribution < 1.29 is 4.79 Å². The average Bonchev–Trinajstić information content (AvgIpc) is 3.11. The quantitative estimate of drug-likeness (QED) is 0.756. The molecule has 0 spiro atoms. The van der Waals surface area contributed by atoms with Crippen LogP contribution < -0.4 is 11.1 Å². The number of hydrogen-bond donors (Lipinski definition) is 2. The van der Waals surface area contributed by atoms with Gasteiger partial charge in [-0.05, 0) is 30.4 Å². The molecular weight excluding hydrogens is 202 g/mol. The highest BCUT2D eigenvalue weighted by Crippen LogP contribution is 2.32. The predicted molar refractivity (Wildman–Crippen MR) is 61.7 cm³/mol. The zero-order valence-electron chi connectivity index (χ0n) is 9.23. The van der Waals surface area contributed by atoms with Crippen LogP contribution in [0.5, 0.6) is 0 Å². The van der Waals surface area contributed by atoms with Crippen LogP contribution in [0.15, 0.2) is 24.5 Å². The van der Waals surface area contributed by atoms with Gasteiger partial charge in [0, 0.05) is 25.0 Å². The van der Waals surface area contributed by atoms with Crippen LogP contribution in [0.4, 0.5) is 0 Å². The first-order chi connectivity index (χ1) is 7.79. The van der Waals surface area contributed by atoms with E-state index in [4.69, 9.17) is 5.73 Å². The Kier molecular flexibility index (Phi) is 3.51. The second kappa shape index (κ2) is 5.07. The van der Waals surface area contributed by atoms with E-state index in [1.807, 2.05) is 12.1 Å². The highest BCUT2D eigenvalue weighted by atomic mass is 16.1. The maximum Gasteiger partial charge on any atom is 0.224 e. The molecule has 1 amide bonds. The Morgan fingerprint density at radius 3 is 3.00 bits per heavy atom. The Morgan fingerprint density at radius 1 is 1.62 bits per heavy atom. The van der Waals surface area contributed by atoms with Crippen LogP contribution in [0.3, 0.4) is 0 Å². The van der Waals surface area contributed by atoms with Gasteiger partial charge in [-0.25, -0.2) is 0 Å². The lowest BCUT2D eigenvalue weighted by Crippen LogP contribution is -2.42. The van der Waals surface area contributed by atoms with E-state index in [2.05, 4.69) is 10.3 Å². The van der Waals surface area contributed by atoms with E-state index in [9.17, 15) is 4.79 Å². The normalized spacial score (nSPS) is 16.8. The van der Waals surface area contributed by atoms with Gasteiger partial charge in [-0.2, -0.15) is 0 Å². The predicted octanol–water partition coefficient (Wildman–Crippen LogP) is 0.478. The van der Waals surface area contributed by atoms with Crippen LogP contribution >= 0.6 is 0 Å². The summed E-state index contributed by atoms with van der Waals surface area (Å²) in [7, 11) is 0. The Bertz CT molecular complexity index is 349. The van der Waals surface area contributed by atoms with Crippen LogP contribution in [-0.2, 0) is 11.2 Å². The van der Waals surface area contributed by atoms with Crippen LogP contribution in [0.2, 0.25) is 0 Å². The smallest absolute Gasteiger partial charge is 0.224 e. The van der Waals surface area contributed by atoms with Crippen molar-refractivity contribution in [2.75, 3.05) is 6.54 Å². The van der Waals surface area contributed by atoms with E-state index < -0.39 is 0 Å². The fourth-order valence-electron chi connectivity index (χ4n) is 1.81. The van der Waals surface area contributed by atoms with E-state index in [1.54, 1.807) is 12.4 Å². The summed E-state index contributed by atoms with van der Waals surface area (Å²) in [5.41, 5.74) is 6.56. The van der Waals surface area contributed by atoms with Crippen LogP contribution in [0.1, 0.15) is 18.4 Å². The summed E-state index contributed by atoms with van der Waals surface area (Å²) < 4.78 is 0. The summed E-state index contributed by atoms with van der Waals surface area (Å²) in [5, 5.41) is 2.99. The fourth-order valence-corrected chi connectivity index (χ4v) is 1.81. The number of nitrogens with two attached hydrogens (primary N) is 1. The van der Waals surface area contributed by atoms with Crippen molar-refractivity contribution in [3.63, 3.8) is 0 Å². The summed E-state index contributed by atoms with van der Waals surface area (Å²) in [6, 6.07) is 3.90. The Balaban J connectivity index is 1.83. The third kappa shape index (κ3) is 3.03. The van der Waals surface area contributed by atoms with Crippen molar-refractivity contribution in [1.29, 1.82) is 0 Å². The molecule has 2 rings (SSSR count). The van der Waals surface area contributed by atoms with Gasteiger partial charge in [0.05, 0.1) is 6.42 Å². The van der Waals surface area contributed by atoms with E-state index in [0.29, 0.717) is 18.9 Å². The van der Waals surface area contributed by atoms with Crippen molar-refractivity contribution in [2.24, 2.45) is 11.7 Å². The number of nitrogens with zero attached hydrogens (tertiary/aromatic N) is 1. The van der Waals surface area contributed by atoms with Gasteiger partial charge >= 0.3 is 0 Å². The average molecular weight is 219 g/mol. The molecule has 0 saturated heterocycles. The molecule has 0 aliphatic heterocycles. The van der Waals surface area contributed by atoms with Gasteiger partial charge in [0.1, 0.15) is 0 Å².